The Morgan fingerprint density at radius 3 is 2.34 bits per heavy atom. The van der Waals surface area contributed by atoms with Gasteiger partial charge in [-0.25, -0.2) is 9.18 Å². The molecule has 0 fully saturated rings. The summed E-state index contributed by atoms with van der Waals surface area (Å²) in [7, 11) is 0. The number of rotatable bonds is 8. The van der Waals surface area contributed by atoms with Gasteiger partial charge in [0.2, 0.25) is 5.78 Å². The lowest BCUT2D eigenvalue weighted by molar-refractivity contribution is -0.144. The average molecular weight is 395 g/mol. The van der Waals surface area contributed by atoms with Crippen molar-refractivity contribution in [3.05, 3.63) is 89.0 Å². The summed E-state index contributed by atoms with van der Waals surface area (Å²) < 4.78 is 25.4. The van der Waals surface area contributed by atoms with Crippen molar-refractivity contribution in [3.8, 4) is 5.75 Å². The lowest BCUT2D eigenvalue weighted by Gasteiger charge is -2.10. The second-order valence-corrected chi connectivity index (χ2v) is 6.68. The van der Waals surface area contributed by atoms with E-state index in [2.05, 4.69) is 0 Å². The molecule has 29 heavy (non-hydrogen) atoms. The van der Waals surface area contributed by atoms with E-state index in [-0.39, 0.29) is 24.8 Å². The number of aromatic nitrogens is 1. The summed E-state index contributed by atoms with van der Waals surface area (Å²) >= 11 is 0. The van der Waals surface area contributed by atoms with Crippen molar-refractivity contribution >= 4 is 11.8 Å². The van der Waals surface area contributed by atoms with E-state index >= 15 is 0 Å². The Labute approximate surface area is 168 Å². The molecule has 0 spiro atoms. The van der Waals surface area contributed by atoms with Crippen LogP contribution in [0.5, 0.6) is 5.75 Å². The number of benzene rings is 2. The number of hydrogen-bond acceptors (Lipinski definition) is 4. The summed E-state index contributed by atoms with van der Waals surface area (Å²) in [5.74, 6) is -0.623. The number of hydrogen-bond donors (Lipinski definition) is 0. The van der Waals surface area contributed by atoms with Crippen LogP contribution in [0.3, 0.4) is 0 Å². The predicted octanol–water partition coefficient (Wildman–Crippen LogP) is 4.10. The summed E-state index contributed by atoms with van der Waals surface area (Å²) in [6.07, 6.45) is 0. The Bertz CT molecular complexity index is 994. The standard InChI is InChI=1S/C23H22FNO4/c1-16-12-21(17(2)25(16)13-18-8-10-19(24)11-9-18)22(26)14-29-23(27)15-28-20-6-4-3-5-7-20/h3-12H,13-15H2,1-2H3. The third-order valence-corrected chi connectivity index (χ3v) is 4.59. The summed E-state index contributed by atoms with van der Waals surface area (Å²) in [4.78, 5) is 24.4. The van der Waals surface area contributed by atoms with E-state index in [0.717, 1.165) is 17.0 Å². The molecule has 0 saturated carbocycles. The molecule has 5 nitrogen and oxygen atoms in total. The van der Waals surface area contributed by atoms with Crippen LogP contribution in [0.2, 0.25) is 0 Å². The van der Waals surface area contributed by atoms with Gasteiger partial charge in [-0.1, -0.05) is 30.3 Å². The highest BCUT2D eigenvalue weighted by Gasteiger charge is 2.17. The van der Waals surface area contributed by atoms with E-state index in [0.29, 0.717) is 17.9 Å². The third kappa shape index (κ3) is 5.31. The fourth-order valence-electron chi connectivity index (χ4n) is 3.02. The largest absolute Gasteiger partial charge is 0.482 e. The molecule has 0 atom stereocenters. The highest BCUT2D eigenvalue weighted by molar-refractivity contribution is 5.99. The Hall–Kier alpha value is -3.41. The average Bonchev–Trinajstić information content (AvgIpc) is 3.01. The van der Waals surface area contributed by atoms with Crippen LogP contribution in [0, 0.1) is 19.7 Å². The first kappa shape index (κ1) is 20.3. The molecule has 3 aromatic rings. The minimum atomic E-state index is -0.609. The van der Waals surface area contributed by atoms with E-state index < -0.39 is 5.97 Å². The van der Waals surface area contributed by atoms with E-state index in [1.54, 1.807) is 42.5 Å². The summed E-state index contributed by atoms with van der Waals surface area (Å²) in [5, 5.41) is 0. The monoisotopic (exact) mass is 395 g/mol. The molecule has 3 rings (SSSR count). The van der Waals surface area contributed by atoms with Crippen molar-refractivity contribution in [1.82, 2.24) is 4.57 Å². The predicted molar refractivity (Wildman–Crippen MR) is 107 cm³/mol. The van der Waals surface area contributed by atoms with Crippen LogP contribution in [0.1, 0.15) is 27.3 Å². The minimum Gasteiger partial charge on any atom is -0.482 e. The molecule has 0 radical (unpaired) electrons. The van der Waals surface area contributed by atoms with Crippen molar-refractivity contribution in [3.63, 3.8) is 0 Å². The Morgan fingerprint density at radius 1 is 0.966 bits per heavy atom. The molecule has 0 aliphatic rings. The second-order valence-electron chi connectivity index (χ2n) is 6.68. The van der Waals surface area contributed by atoms with Gasteiger partial charge in [0.1, 0.15) is 11.6 Å². The summed E-state index contributed by atoms with van der Waals surface area (Å²) in [5.41, 5.74) is 3.10. The molecule has 0 bridgehead atoms. The van der Waals surface area contributed by atoms with Crippen molar-refractivity contribution in [2.75, 3.05) is 13.2 Å². The molecule has 0 unspecified atom stereocenters. The lowest BCUT2D eigenvalue weighted by atomic mass is 10.1. The van der Waals surface area contributed by atoms with Gasteiger partial charge in [-0.15, -0.1) is 0 Å². The first-order chi connectivity index (χ1) is 13.9. The molecule has 0 aliphatic carbocycles. The molecular weight excluding hydrogens is 373 g/mol. The lowest BCUT2D eigenvalue weighted by Crippen LogP contribution is -2.20. The molecule has 0 saturated heterocycles. The van der Waals surface area contributed by atoms with Crippen LogP contribution in [0.15, 0.2) is 60.7 Å². The number of nitrogens with zero attached hydrogens (tertiary/aromatic N) is 1. The first-order valence-corrected chi connectivity index (χ1v) is 9.22. The number of Topliss-reactive ketones (excluding diaryl/α,β-unsaturated/α-hetero) is 1. The van der Waals surface area contributed by atoms with Crippen LogP contribution >= 0.6 is 0 Å². The highest BCUT2D eigenvalue weighted by Crippen LogP contribution is 2.18. The number of esters is 1. The van der Waals surface area contributed by atoms with Gasteiger partial charge in [-0.2, -0.15) is 0 Å². The zero-order valence-electron chi connectivity index (χ0n) is 16.4. The normalized spacial score (nSPS) is 10.6. The number of ether oxygens (including phenoxy) is 2. The van der Waals surface area contributed by atoms with Crippen molar-refractivity contribution in [2.45, 2.75) is 20.4 Å². The van der Waals surface area contributed by atoms with Gasteiger partial charge in [0.15, 0.2) is 13.2 Å². The van der Waals surface area contributed by atoms with Gasteiger partial charge in [0.25, 0.3) is 0 Å². The van der Waals surface area contributed by atoms with Crippen molar-refractivity contribution < 1.29 is 23.5 Å². The van der Waals surface area contributed by atoms with Crippen LogP contribution in [-0.4, -0.2) is 29.5 Å². The number of ketones is 1. The first-order valence-electron chi connectivity index (χ1n) is 9.22. The fraction of sp³-hybridized carbons (Fsp3) is 0.217. The van der Waals surface area contributed by atoms with Gasteiger partial charge < -0.3 is 14.0 Å². The molecule has 1 heterocycles. The molecule has 0 N–H and O–H groups in total. The molecular formula is C23H22FNO4. The Balaban J connectivity index is 1.58. The minimum absolute atomic E-state index is 0.263. The SMILES string of the molecule is Cc1cc(C(=O)COC(=O)COc2ccccc2)c(C)n1Cc1ccc(F)cc1. The van der Waals surface area contributed by atoms with Crippen LogP contribution in [0.25, 0.3) is 0 Å². The van der Waals surface area contributed by atoms with E-state index in [4.69, 9.17) is 9.47 Å². The van der Waals surface area contributed by atoms with Crippen LogP contribution in [0.4, 0.5) is 4.39 Å². The van der Waals surface area contributed by atoms with Gasteiger partial charge >= 0.3 is 5.97 Å². The third-order valence-electron chi connectivity index (χ3n) is 4.59. The Kier molecular flexibility index (Phi) is 6.44. The quantitative estimate of drug-likeness (QED) is 0.426. The number of carbonyl (C=O) groups is 2. The maximum absolute atomic E-state index is 13.1. The number of halogens is 1. The number of aryl methyl sites for hydroxylation is 1. The van der Waals surface area contributed by atoms with E-state index in [9.17, 15) is 14.0 Å². The van der Waals surface area contributed by atoms with E-state index in [1.807, 2.05) is 24.5 Å². The second kappa shape index (κ2) is 9.19. The molecule has 0 aliphatic heterocycles. The maximum atomic E-state index is 13.1. The van der Waals surface area contributed by atoms with Gasteiger partial charge in [-0.05, 0) is 49.7 Å². The summed E-state index contributed by atoms with van der Waals surface area (Å²) in [6, 6.07) is 16.9. The topological polar surface area (TPSA) is 57.5 Å². The van der Waals surface area contributed by atoms with Gasteiger partial charge in [-0.3, -0.25) is 4.79 Å². The fourth-order valence-corrected chi connectivity index (χ4v) is 3.02. The number of para-hydroxylation sites is 1. The zero-order valence-corrected chi connectivity index (χ0v) is 16.4. The Morgan fingerprint density at radius 2 is 1.66 bits per heavy atom. The molecule has 6 heteroatoms. The molecule has 150 valence electrons. The number of carbonyl (C=O) groups excluding carboxylic acids is 2. The smallest absolute Gasteiger partial charge is 0.344 e. The van der Waals surface area contributed by atoms with Crippen LogP contribution in [-0.2, 0) is 16.1 Å². The summed E-state index contributed by atoms with van der Waals surface area (Å²) in [6.45, 7) is 3.64. The van der Waals surface area contributed by atoms with Crippen LogP contribution < -0.4 is 4.74 Å². The zero-order chi connectivity index (χ0) is 20.8. The molecule has 0 amide bonds. The van der Waals surface area contributed by atoms with Gasteiger partial charge in [0, 0.05) is 23.5 Å². The van der Waals surface area contributed by atoms with Crippen molar-refractivity contribution in [2.24, 2.45) is 0 Å². The highest BCUT2D eigenvalue weighted by atomic mass is 19.1. The van der Waals surface area contributed by atoms with E-state index in [1.165, 1.54) is 12.1 Å². The van der Waals surface area contributed by atoms with Crippen molar-refractivity contribution in [1.29, 1.82) is 0 Å². The molecule has 1 aromatic heterocycles. The maximum Gasteiger partial charge on any atom is 0.344 e. The van der Waals surface area contributed by atoms with Gasteiger partial charge in [0.05, 0.1) is 0 Å². The molecule has 2 aromatic carbocycles.